The van der Waals surface area contributed by atoms with E-state index < -0.39 is 6.04 Å². The van der Waals surface area contributed by atoms with Crippen molar-refractivity contribution in [3.05, 3.63) is 95.6 Å². The van der Waals surface area contributed by atoms with E-state index in [-0.39, 0.29) is 11.8 Å². The van der Waals surface area contributed by atoms with Crippen molar-refractivity contribution < 1.29 is 4.79 Å². The van der Waals surface area contributed by atoms with Crippen LogP contribution in [0, 0.1) is 0 Å². The zero-order valence-electron chi connectivity index (χ0n) is 15.4. The monoisotopic (exact) mass is 367 g/mol. The van der Waals surface area contributed by atoms with Gasteiger partial charge in [-0.1, -0.05) is 66.7 Å². The Kier molecular flexibility index (Phi) is 4.17. The second kappa shape index (κ2) is 6.97. The number of carbonyl (C=O) groups is 1. The molecule has 2 N–H and O–H groups in total. The second-order valence-electron chi connectivity index (χ2n) is 7.30. The third kappa shape index (κ3) is 2.97. The summed E-state index contributed by atoms with van der Waals surface area (Å²) >= 11 is 0. The largest absolute Gasteiger partial charge is 0.384 e. The third-order valence-electron chi connectivity index (χ3n) is 5.52. The average Bonchev–Trinajstić information content (AvgIpc) is 3.08. The maximum Gasteiger partial charge on any atom is 0.249 e. The molecule has 1 unspecified atom stereocenters. The minimum absolute atomic E-state index is 0.0391. The van der Waals surface area contributed by atoms with Crippen LogP contribution < -0.4 is 10.6 Å². The number of benzodiazepines with no additional fused rings is 1. The van der Waals surface area contributed by atoms with E-state index in [9.17, 15) is 4.79 Å². The summed E-state index contributed by atoms with van der Waals surface area (Å²) in [6.07, 6.45) is 0.681. The Balaban J connectivity index is 1.55. The zero-order chi connectivity index (χ0) is 18.9. The lowest BCUT2D eigenvalue weighted by molar-refractivity contribution is -0.117. The van der Waals surface area contributed by atoms with Crippen molar-refractivity contribution in [1.29, 1.82) is 0 Å². The standard InChI is InChI=1S/C24H21N3O/c28-24-22(14-17-15-25-20-12-6-4-10-18(17)20)26-23(16-8-2-1-3-9-16)19-11-5-7-13-21(19)27-24/h1-13,17,22,25H,14-15H2,(H,27,28)/t17-,22?/m1/s1. The Bertz CT molecular complexity index is 1060. The fraction of sp³-hybridized carbons (Fsp3) is 0.167. The van der Waals surface area contributed by atoms with Crippen molar-refractivity contribution in [1.82, 2.24) is 0 Å². The normalized spacial score (nSPS) is 20.3. The first-order valence-corrected chi connectivity index (χ1v) is 9.66. The van der Waals surface area contributed by atoms with Crippen LogP contribution in [-0.4, -0.2) is 24.2 Å². The van der Waals surface area contributed by atoms with Crippen molar-refractivity contribution in [3.8, 4) is 0 Å². The second-order valence-corrected chi connectivity index (χ2v) is 7.30. The summed E-state index contributed by atoms with van der Waals surface area (Å²) in [6, 6.07) is 25.9. The third-order valence-corrected chi connectivity index (χ3v) is 5.52. The van der Waals surface area contributed by atoms with Gasteiger partial charge in [0.1, 0.15) is 6.04 Å². The van der Waals surface area contributed by atoms with Crippen molar-refractivity contribution >= 4 is 23.0 Å². The highest BCUT2D eigenvalue weighted by molar-refractivity contribution is 6.19. The van der Waals surface area contributed by atoms with E-state index in [2.05, 4.69) is 41.0 Å². The number of fused-ring (bicyclic) bond motifs is 2. The summed E-state index contributed by atoms with van der Waals surface area (Å²) in [5.74, 6) is 0.233. The lowest BCUT2D eigenvalue weighted by Crippen LogP contribution is -2.28. The van der Waals surface area contributed by atoms with E-state index >= 15 is 0 Å². The van der Waals surface area contributed by atoms with Gasteiger partial charge in [0.25, 0.3) is 0 Å². The van der Waals surface area contributed by atoms with Crippen LogP contribution >= 0.6 is 0 Å². The number of para-hydroxylation sites is 2. The lowest BCUT2D eigenvalue weighted by Gasteiger charge is -2.16. The van der Waals surface area contributed by atoms with E-state index in [0.717, 1.165) is 34.8 Å². The quantitative estimate of drug-likeness (QED) is 0.719. The Morgan fingerprint density at radius 3 is 2.43 bits per heavy atom. The van der Waals surface area contributed by atoms with Gasteiger partial charge in [-0.05, 0) is 24.1 Å². The van der Waals surface area contributed by atoms with E-state index in [1.54, 1.807) is 0 Å². The highest BCUT2D eigenvalue weighted by Crippen LogP contribution is 2.35. The summed E-state index contributed by atoms with van der Waals surface area (Å²) in [4.78, 5) is 18.0. The number of nitrogens with one attached hydrogen (secondary N) is 2. The van der Waals surface area contributed by atoms with Gasteiger partial charge in [-0.3, -0.25) is 9.79 Å². The fourth-order valence-electron chi connectivity index (χ4n) is 4.12. The molecule has 0 saturated heterocycles. The van der Waals surface area contributed by atoms with Gasteiger partial charge in [0.15, 0.2) is 0 Å². The minimum atomic E-state index is -0.430. The molecule has 2 aliphatic rings. The molecule has 0 saturated carbocycles. The molecule has 138 valence electrons. The molecule has 1 amide bonds. The molecule has 5 rings (SSSR count). The van der Waals surface area contributed by atoms with Gasteiger partial charge in [0.2, 0.25) is 5.91 Å². The molecule has 0 aliphatic carbocycles. The van der Waals surface area contributed by atoms with E-state index in [0.29, 0.717) is 6.42 Å². The number of hydrogen-bond donors (Lipinski definition) is 2. The lowest BCUT2D eigenvalue weighted by atomic mass is 9.93. The van der Waals surface area contributed by atoms with Crippen molar-refractivity contribution in [3.63, 3.8) is 0 Å². The molecule has 2 heterocycles. The predicted molar refractivity (Wildman–Crippen MR) is 113 cm³/mol. The van der Waals surface area contributed by atoms with Crippen LogP contribution in [0.2, 0.25) is 0 Å². The van der Waals surface area contributed by atoms with Gasteiger partial charge in [0.05, 0.1) is 11.4 Å². The summed E-state index contributed by atoms with van der Waals surface area (Å²) in [5.41, 5.74) is 6.13. The fourth-order valence-corrected chi connectivity index (χ4v) is 4.12. The summed E-state index contributed by atoms with van der Waals surface area (Å²) < 4.78 is 0. The Hall–Kier alpha value is -3.40. The average molecular weight is 367 g/mol. The first-order valence-electron chi connectivity index (χ1n) is 9.66. The van der Waals surface area contributed by atoms with Crippen molar-refractivity contribution in [2.24, 2.45) is 4.99 Å². The highest BCUT2D eigenvalue weighted by Gasteiger charge is 2.31. The molecule has 4 nitrogen and oxygen atoms in total. The molecule has 0 fully saturated rings. The van der Waals surface area contributed by atoms with Crippen molar-refractivity contribution in [2.75, 3.05) is 17.2 Å². The summed E-state index contributed by atoms with van der Waals surface area (Å²) in [5, 5.41) is 6.55. The minimum Gasteiger partial charge on any atom is -0.384 e. The van der Waals surface area contributed by atoms with E-state index in [1.165, 1.54) is 5.56 Å². The summed E-state index contributed by atoms with van der Waals surface area (Å²) in [6.45, 7) is 0.840. The molecule has 2 atom stereocenters. The van der Waals surface area contributed by atoms with Gasteiger partial charge in [-0.2, -0.15) is 0 Å². The number of amides is 1. The van der Waals surface area contributed by atoms with Crippen LogP contribution in [-0.2, 0) is 4.79 Å². The number of hydrogen-bond acceptors (Lipinski definition) is 3. The molecule has 2 aliphatic heterocycles. The molecule has 3 aromatic carbocycles. The number of nitrogens with zero attached hydrogens (tertiary/aromatic N) is 1. The topological polar surface area (TPSA) is 53.5 Å². The number of aliphatic imine (C=N–C) groups is 1. The molecule has 4 heteroatoms. The predicted octanol–water partition coefficient (Wildman–Crippen LogP) is 4.44. The number of carbonyl (C=O) groups excluding carboxylic acids is 1. The van der Waals surface area contributed by atoms with Gasteiger partial charge in [-0.15, -0.1) is 0 Å². The SMILES string of the molecule is O=C1Nc2ccccc2C(c2ccccc2)=NC1C[C@@H]1CNc2ccccc21. The van der Waals surface area contributed by atoms with Gasteiger partial charge >= 0.3 is 0 Å². The van der Waals surface area contributed by atoms with Gasteiger partial charge < -0.3 is 10.6 Å². The maximum atomic E-state index is 13.0. The molecule has 0 radical (unpaired) electrons. The molecule has 0 spiro atoms. The summed E-state index contributed by atoms with van der Waals surface area (Å²) in [7, 11) is 0. The number of rotatable bonds is 3. The molecular weight excluding hydrogens is 346 g/mol. The van der Waals surface area contributed by atoms with Crippen LogP contribution in [0.3, 0.4) is 0 Å². The maximum absolute atomic E-state index is 13.0. The van der Waals surface area contributed by atoms with Crippen LogP contribution in [0.5, 0.6) is 0 Å². The first kappa shape index (κ1) is 16.8. The van der Waals surface area contributed by atoms with Crippen LogP contribution in [0.15, 0.2) is 83.9 Å². The smallest absolute Gasteiger partial charge is 0.249 e. The highest BCUT2D eigenvalue weighted by atomic mass is 16.2. The molecular formula is C24H21N3O. The van der Waals surface area contributed by atoms with Gasteiger partial charge in [0, 0.05) is 29.3 Å². The van der Waals surface area contributed by atoms with Crippen LogP contribution in [0.4, 0.5) is 11.4 Å². The molecule has 3 aromatic rings. The number of anilines is 2. The molecule has 0 bridgehead atoms. The Labute approximate surface area is 164 Å². The Morgan fingerprint density at radius 1 is 0.857 bits per heavy atom. The number of benzene rings is 3. The van der Waals surface area contributed by atoms with Crippen LogP contribution in [0.25, 0.3) is 0 Å². The molecule has 28 heavy (non-hydrogen) atoms. The van der Waals surface area contributed by atoms with Crippen molar-refractivity contribution in [2.45, 2.75) is 18.4 Å². The zero-order valence-corrected chi connectivity index (χ0v) is 15.4. The van der Waals surface area contributed by atoms with E-state index in [1.807, 2.05) is 48.5 Å². The first-order chi connectivity index (χ1) is 13.8. The Morgan fingerprint density at radius 2 is 1.57 bits per heavy atom. The van der Waals surface area contributed by atoms with Crippen LogP contribution in [0.1, 0.15) is 29.0 Å². The van der Waals surface area contributed by atoms with Gasteiger partial charge in [-0.25, -0.2) is 0 Å². The molecule has 0 aromatic heterocycles. The van der Waals surface area contributed by atoms with E-state index in [4.69, 9.17) is 4.99 Å².